The van der Waals surface area contributed by atoms with Gasteiger partial charge < -0.3 is 15.4 Å². The number of ether oxygens (including phenoxy) is 1. The highest BCUT2D eigenvalue weighted by Crippen LogP contribution is 2.16. The number of guanidine groups is 1. The van der Waals surface area contributed by atoms with Gasteiger partial charge in [-0.1, -0.05) is 13.0 Å². The molecule has 0 fully saturated rings. The van der Waals surface area contributed by atoms with Crippen LogP contribution in [0.5, 0.6) is 5.75 Å². The Labute approximate surface area is 179 Å². The highest BCUT2D eigenvalue weighted by atomic mass is 127. The molecule has 2 N–H and O–H groups in total. The van der Waals surface area contributed by atoms with Crippen LogP contribution < -0.4 is 15.4 Å². The van der Waals surface area contributed by atoms with Crippen LogP contribution in [0.2, 0.25) is 0 Å². The normalized spacial score (nSPS) is 13.5. The van der Waals surface area contributed by atoms with Gasteiger partial charge in [0, 0.05) is 18.9 Å². The van der Waals surface area contributed by atoms with Gasteiger partial charge in [-0.3, -0.25) is 4.99 Å². The molecule has 0 heterocycles. The van der Waals surface area contributed by atoms with Crippen LogP contribution in [0.4, 0.5) is 4.39 Å². The second-order valence-electron chi connectivity index (χ2n) is 6.71. The molecule has 0 aliphatic heterocycles. The summed E-state index contributed by atoms with van der Waals surface area (Å²) < 4.78 is 41.7. The zero-order valence-corrected chi connectivity index (χ0v) is 19.7. The average molecular weight is 515 g/mol. The van der Waals surface area contributed by atoms with E-state index in [1.54, 1.807) is 26.0 Å². The highest BCUT2D eigenvalue weighted by molar-refractivity contribution is 14.0. The van der Waals surface area contributed by atoms with E-state index in [9.17, 15) is 12.8 Å². The van der Waals surface area contributed by atoms with Gasteiger partial charge in [0.25, 0.3) is 0 Å². The Balaban J connectivity index is 0.00000676. The number of hydrogen-bond donors (Lipinski definition) is 2. The van der Waals surface area contributed by atoms with Crippen molar-refractivity contribution in [3.8, 4) is 5.75 Å². The van der Waals surface area contributed by atoms with Gasteiger partial charge in [0.05, 0.1) is 17.8 Å². The van der Waals surface area contributed by atoms with Crippen molar-refractivity contribution in [1.82, 2.24) is 10.6 Å². The molecule has 1 atom stereocenters. The van der Waals surface area contributed by atoms with Gasteiger partial charge in [-0.2, -0.15) is 0 Å². The quantitative estimate of drug-likeness (QED) is 0.301. The number of benzene rings is 1. The van der Waals surface area contributed by atoms with Crippen molar-refractivity contribution >= 4 is 39.8 Å². The summed E-state index contributed by atoms with van der Waals surface area (Å²) in [4.78, 5) is 4.38. The Morgan fingerprint density at radius 1 is 1.30 bits per heavy atom. The first kappa shape index (κ1) is 25.9. The number of nitrogens with one attached hydrogen (secondary N) is 2. The van der Waals surface area contributed by atoms with Crippen LogP contribution in [-0.4, -0.2) is 51.1 Å². The molecule has 0 saturated heterocycles. The minimum Gasteiger partial charge on any atom is -0.489 e. The predicted octanol–water partition coefficient (Wildman–Crippen LogP) is 2.98. The summed E-state index contributed by atoms with van der Waals surface area (Å²) in [5.74, 6) is 0.646. The van der Waals surface area contributed by atoms with Crippen molar-refractivity contribution in [2.45, 2.75) is 45.0 Å². The van der Waals surface area contributed by atoms with E-state index >= 15 is 0 Å². The van der Waals surface area contributed by atoms with Crippen molar-refractivity contribution in [2.75, 3.05) is 25.9 Å². The summed E-state index contributed by atoms with van der Waals surface area (Å²) in [5.41, 5.74) is 0. The fourth-order valence-corrected chi connectivity index (χ4v) is 2.24. The number of hydrogen-bond acceptors (Lipinski definition) is 4. The molecule has 0 amide bonds. The number of halogens is 2. The maximum Gasteiger partial charge on any atom is 0.191 e. The molecular formula is C18H31FIN3O3S. The molecule has 1 unspecified atom stereocenters. The van der Waals surface area contributed by atoms with Gasteiger partial charge in [0.1, 0.15) is 17.7 Å². The lowest BCUT2D eigenvalue weighted by Gasteiger charge is -2.22. The molecule has 0 radical (unpaired) electrons. The van der Waals surface area contributed by atoms with Gasteiger partial charge >= 0.3 is 0 Å². The Hall–Kier alpha value is -1.10. The van der Waals surface area contributed by atoms with E-state index in [1.165, 1.54) is 18.4 Å². The zero-order valence-electron chi connectivity index (χ0n) is 16.6. The lowest BCUT2D eigenvalue weighted by atomic mass is 10.2. The van der Waals surface area contributed by atoms with E-state index in [0.29, 0.717) is 24.8 Å². The molecule has 0 saturated carbocycles. The molecule has 1 aromatic carbocycles. The first-order valence-electron chi connectivity index (χ1n) is 8.73. The third kappa shape index (κ3) is 9.09. The Kier molecular flexibility index (Phi) is 11.2. The third-order valence-electron chi connectivity index (χ3n) is 4.02. The van der Waals surface area contributed by atoms with E-state index in [-0.39, 0.29) is 42.4 Å². The SMILES string of the molecule is CCNC(=NCC(C)(C)S(C)(=O)=O)NCC(CC)Oc1cccc(F)c1.I. The van der Waals surface area contributed by atoms with Crippen LogP contribution >= 0.6 is 24.0 Å². The molecule has 1 rings (SSSR count). The fraction of sp³-hybridized carbons (Fsp3) is 0.611. The molecule has 0 bridgehead atoms. The molecule has 1 aromatic rings. The van der Waals surface area contributed by atoms with Gasteiger partial charge in [-0.15, -0.1) is 24.0 Å². The average Bonchev–Trinajstić information content (AvgIpc) is 2.55. The highest BCUT2D eigenvalue weighted by Gasteiger charge is 2.30. The third-order valence-corrected chi connectivity index (χ3v) is 6.15. The van der Waals surface area contributed by atoms with Crippen molar-refractivity contribution in [2.24, 2.45) is 4.99 Å². The summed E-state index contributed by atoms with van der Waals surface area (Å²) in [5, 5.41) is 6.24. The standard InChI is InChI=1S/C18H30FN3O3S.HI/c1-6-15(25-16-10-8-9-14(19)11-16)12-21-17(20-7-2)22-13-18(3,4)26(5,23)24;/h8-11,15H,6-7,12-13H2,1-5H3,(H2,20,21,22);1H. The molecule has 0 aliphatic carbocycles. The summed E-state index contributed by atoms with van der Waals surface area (Å²) in [6.07, 6.45) is 1.75. The first-order valence-corrected chi connectivity index (χ1v) is 10.6. The first-order chi connectivity index (χ1) is 12.1. The smallest absolute Gasteiger partial charge is 0.191 e. The van der Waals surface area contributed by atoms with Gasteiger partial charge in [-0.25, -0.2) is 12.8 Å². The van der Waals surface area contributed by atoms with Crippen LogP contribution in [0.15, 0.2) is 29.3 Å². The van der Waals surface area contributed by atoms with E-state index in [0.717, 1.165) is 6.42 Å². The monoisotopic (exact) mass is 515 g/mol. The number of nitrogens with zero attached hydrogens (tertiary/aromatic N) is 1. The molecule has 9 heteroatoms. The molecular weight excluding hydrogens is 484 g/mol. The number of aliphatic imine (C=N–C) groups is 1. The lowest BCUT2D eigenvalue weighted by Crippen LogP contribution is -2.44. The molecule has 0 aliphatic rings. The summed E-state index contributed by atoms with van der Waals surface area (Å²) in [6.45, 7) is 8.45. The fourth-order valence-electron chi connectivity index (χ4n) is 1.94. The van der Waals surface area contributed by atoms with Crippen LogP contribution in [0.1, 0.15) is 34.1 Å². The summed E-state index contributed by atoms with van der Waals surface area (Å²) >= 11 is 0. The Morgan fingerprint density at radius 3 is 2.48 bits per heavy atom. The number of sulfone groups is 1. The molecule has 27 heavy (non-hydrogen) atoms. The van der Waals surface area contributed by atoms with Crippen molar-refractivity contribution in [3.05, 3.63) is 30.1 Å². The van der Waals surface area contributed by atoms with E-state index in [4.69, 9.17) is 4.74 Å². The minimum atomic E-state index is -3.22. The summed E-state index contributed by atoms with van der Waals surface area (Å²) in [6, 6.07) is 6.02. The lowest BCUT2D eigenvalue weighted by molar-refractivity contribution is 0.198. The second-order valence-corrected chi connectivity index (χ2v) is 9.36. The van der Waals surface area contributed by atoms with Crippen LogP contribution in [-0.2, 0) is 9.84 Å². The minimum absolute atomic E-state index is 0. The second kappa shape index (κ2) is 11.7. The van der Waals surface area contributed by atoms with Crippen LogP contribution in [0.3, 0.4) is 0 Å². The van der Waals surface area contributed by atoms with Crippen LogP contribution in [0, 0.1) is 5.82 Å². The largest absolute Gasteiger partial charge is 0.489 e. The molecule has 6 nitrogen and oxygen atoms in total. The molecule has 0 spiro atoms. The molecule has 0 aromatic heterocycles. The van der Waals surface area contributed by atoms with Crippen molar-refractivity contribution in [1.29, 1.82) is 0 Å². The topological polar surface area (TPSA) is 79.8 Å². The van der Waals surface area contributed by atoms with Crippen LogP contribution in [0.25, 0.3) is 0 Å². The zero-order chi connectivity index (χ0) is 19.8. The Morgan fingerprint density at radius 2 is 1.96 bits per heavy atom. The summed E-state index contributed by atoms with van der Waals surface area (Å²) in [7, 11) is -3.22. The van der Waals surface area contributed by atoms with E-state index in [2.05, 4.69) is 15.6 Å². The predicted molar refractivity (Wildman–Crippen MR) is 119 cm³/mol. The van der Waals surface area contributed by atoms with E-state index < -0.39 is 14.6 Å². The van der Waals surface area contributed by atoms with Gasteiger partial charge in [0.15, 0.2) is 15.8 Å². The van der Waals surface area contributed by atoms with E-state index in [1.807, 2.05) is 13.8 Å². The number of rotatable bonds is 9. The maximum absolute atomic E-state index is 13.3. The van der Waals surface area contributed by atoms with Crippen molar-refractivity contribution in [3.63, 3.8) is 0 Å². The Bertz CT molecular complexity index is 712. The van der Waals surface area contributed by atoms with Gasteiger partial charge in [-0.05, 0) is 39.3 Å². The van der Waals surface area contributed by atoms with Gasteiger partial charge in [0.2, 0.25) is 0 Å². The molecule has 156 valence electrons. The van der Waals surface area contributed by atoms with Crippen molar-refractivity contribution < 1.29 is 17.5 Å². The maximum atomic E-state index is 13.3.